The van der Waals surface area contributed by atoms with E-state index in [1.54, 1.807) is 29.2 Å². The molecule has 1 atom stereocenters. The van der Waals surface area contributed by atoms with Gasteiger partial charge >= 0.3 is 0 Å². The fourth-order valence-corrected chi connectivity index (χ4v) is 4.69. The van der Waals surface area contributed by atoms with Crippen molar-refractivity contribution in [1.82, 2.24) is 9.80 Å². The van der Waals surface area contributed by atoms with E-state index in [2.05, 4.69) is 5.32 Å². The van der Waals surface area contributed by atoms with Gasteiger partial charge in [-0.05, 0) is 72.6 Å². The SMILES string of the molecule is CCCOc1ccc(NC(=O)CC2C(=O)N(CCc3ccccc3)C(=S)N2Cc2ccc(Cl)cc2)cc1. The molecular formula is C29H30ClN3O3S. The molecule has 1 fully saturated rings. The summed E-state index contributed by atoms with van der Waals surface area (Å²) in [7, 11) is 0. The minimum Gasteiger partial charge on any atom is -0.494 e. The van der Waals surface area contributed by atoms with Crippen molar-refractivity contribution >= 4 is 46.4 Å². The molecule has 37 heavy (non-hydrogen) atoms. The molecule has 0 bridgehead atoms. The minimum absolute atomic E-state index is 0.0114. The number of halogens is 1. The molecule has 8 heteroatoms. The summed E-state index contributed by atoms with van der Waals surface area (Å²) in [4.78, 5) is 30.0. The Morgan fingerprint density at radius 2 is 1.70 bits per heavy atom. The Morgan fingerprint density at radius 3 is 2.38 bits per heavy atom. The number of rotatable bonds is 11. The van der Waals surface area contributed by atoms with Crippen molar-refractivity contribution in [3.8, 4) is 5.75 Å². The van der Waals surface area contributed by atoms with Gasteiger partial charge in [0, 0.05) is 23.8 Å². The maximum absolute atomic E-state index is 13.5. The van der Waals surface area contributed by atoms with E-state index in [9.17, 15) is 9.59 Å². The monoisotopic (exact) mass is 535 g/mol. The quantitative estimate of drug-likeness (QED) is 0.319. The highest BCUT2D eigenvalue weighted by Crippen LogP contribution is 2.25. The van der Waals surface area contributed by atoms with E-state index in [4.69, 9.17) is 28.6 Å². The summed E-state index contributed by atoms with van der Waals surface area (Å²) in [6, 6.07) is 23.9. The summed E-state index contributed by atoms with van der Waals surface area (Å²) >= 11 is 11.8. The average molecular weight is 536 g/mol. The number of ether oxygens (including phenoxy) is 1. The topological polar surface area (TPSA) is 61.9 Å². The molecule has 0 saturated carbocycles. The zero-order valence-electron chi connectivity index (χ0n) is 20.7. The molecule has 0 spiro atoms. The first kappa shape index (κ1) is 26.6. The molecule has 1 aliphatic heterocycles. The highest BCUT2D eigenvalue weighted by molar-refractivity contribution is 7.80. The average Bonchev–Trinajstić information content (AvgIpc) is 3.12. The molecule has 1 saturated heterocycles. The van der Waals surface area contributed by atoms with E-state index >= 15 is 0 Å². The molecule has 4 rings (SSSR count). The van der Waals surface area contributed by atoms with Crippen LogP contribution in [0.5, 0.6) is 5.75 Å². The van der Waals surface area contributed by atoms with Crippen LogP contribution in [0.25, 0.3) is 0 Å². The molecule has 6 nitrogen and oxygen atoms in total. The molecule has 3 aromatic carbocycles. The van der Waals surface area contributed by atoms with Crippen LogP contribution in [0.3, 0.4) is 0 Å². The fourth-order valence-electron chi connectivity index (χ4n) is 4.19. The highest BCUT2D eigenvalue weighted by atomic mass is 35.5. The van der Waals surface area contributed by atoms with Gasteiger partial charge in [0.1, 0.15) is 11.8 Å². The van der Waals surface area contributed by atoms with E-state index in [0.717, 1.165) is 23.3 Å². The Hall–Kier alpha value is -3.42. The molecule has 3 aromatic rings. The zero-order chi connectivity index (χ0) is 26.2. The smallest absolute Gasteiger partial charge is 0.252 e. The largest absolute Gasteiger partial charge is 0.494 e. The number of anilines is 1. The van der Waals surface area contributed by atoms with Crippen LogP contribution in [0.1, 0.15) is 30.9 Å². The predicted molar refractivity (Wildman–Crippen MR) is 151 cm³/mol. The fraction of sp³-hybridized carbons (Fsp3) is 0.276. The number of carbonyl (C=O) groups is 2. The first-order valence-electron chi connectivity index (χ1n) is 12.4. The number of thiocarbonyl (C=S) groups is 1. The molecule has 1 aliphatic rings. The normalized spacial score (nSPS) is 15.2. The van der Waals surface area contributed by atoms with Gasteiger partial charge in [0.15, 0.2) is 5.11 Å². The Balaban J connectivity index is 1.47. The molecular weight excluding hydrogens is 506 g/mol. The first-order chi connectivity index (χ1) is 17.9. The molecule has 2 amide bonds. The number of amides is 2. The van der Waals surface area contributed by atoms with Crippen LogP contribution in [-0.4, -0.2) is 45.9 Å². The first-order valence-corrected chi connectivity index (χ1v) is 13.2. The Bertz CT molecular complexity index is 1220. The van der Waals surface area contributed by atoms with E-state index in [0.29, 0.717) is 41.9 Å². The molecule has 1 heterocycles. The number of benzene rings is 3. The second-order valence-corrected chi connectivity index (χ2v) is 9.70. The van der Waals surface area contributed by atoms with Gasteiger partial charge in [-0.3, -0.25) is 14.5 Å². The third-order valence-corrected chi connectivity index (χ3v) is 6.83. The van der Waals surface area contributed by atoms with Crippen molar-refractivity contribution in [3.63, 3.8) is 0 Å². The number of hydrogen-bond donors (Lipinski definition) is 1. The predicted octanol–water partition coefficient (Wildman–Crippen LogP) is 5.70. The molecule has 0 radical (unpaired) electrons. The number of nitrogens with zero attached hydrogens (tertiary/aromatic N) is 2. The third-order valence-electron chi connectivity index (χ3n) is 6.13. The third kappa shape index (κ3) is 7.08. The summed E-state index contributed by atoms with van der Waals surface area (Å²) in [5.41, 5.74) is 2.72. The Kier molecular flexibility index (Phi) is 9.14. The van der Waals surface area contributed by atoms with Crippen LogP contribution in [0.4, 0.5) is 5.69 Å². The van der Waals surface area contributed by atoms with Gasteiger partial charge in [-0.1, -0.05) is 61.0 Å². The molecule has 0 aromatic heterocycles. The standard InChI is InChI=1S/C29H30ClN3O3S/c1-2-18-36-25-14-12-24(13-15-25)31-27(34)19-26-28(35)32(17-16-21-6-4-3-5-7-21)29(37)33(26)20-22-8-10-23(30)11-9-22/h3-15,26H,2,16-20H2,1H3,(H,31,34). The van der Waals surface area contributed by atoms with Crippen LogP contribution in [0.2, 0.25) is 5.02 Å². The molecule has 192 valence electrons. The summed E-state index contributed by atoms with van der Waals surface area (Å²) in [5.74, 6) is 0.335. The van der Waals surface area contributed by atoms with Crippen LogP contribution in [0.15, 0.2) is 78.9 Å². The lowest BCUT2D eigenvalue weighted by molar-refractivity contribution is -0.130. The Morgan fingerprint density at radius 1 is 1.00 bits per heavy atom. The van der Waals surface area contributed by atoms with Gasteiger partial charge in [0.2, 0.25) is 5.91 Å². The zero-order valence-corrected chi connectivity index (χ0v) is 22.3. The lowest BCUT2D eigenvalue weighted by atomic mass is 10.1. The van der Waals surface area contributed by atoms with Crippen molar-refractivity contribution in [2.24, 2.45) is 0 Å². The van der Waals surface area contributed by atoms with Crippen molar-refractivity contribution in [2.75, 3.05) is 18.5 Å². The molecule has 1 N–H and O–H groups in total. The second-order valence-electron chi connectivity index (χ2n) is 8.90. The molecule has 1 unspecified atom stereocenters. The van der Waals surface area contributed by atoms with Gasteiger partial charge < -0.3 is 15.0 Å². The number of carbonyl (C=O) groups excluding carboxylic acids is 2. The van der Waals surface area contributed by atoms with Crippen molar-refractivity contribution in [1.29, 1.82) is 0 Å². The van der Waals surface area contributed by atoms with E-state index in [1.165, 1.54) is 0 Å². The minimum atomic E-state index is -0.689. The van der Waals surface area contributed by atoms with E-state index < -0.39 is 6.04 Å². The second kappa shape index (κ2) is 12.7. The van der Waals surface area contributed by atoms with Crippen LogP contribution in [0, 0.1) is 0 Å². The van der Waals surface area contributed by atoms with Gasteiger partial charge in [0.25, 0.3) is 5.91 Å². The summed E-state index contributed by atoms with van der Waals surface area (Å²) in [5, 5.41) is 3.97. The summed E-state index contributed by atoms with van der Waals surface area (Å²) in [6.45, 7) is 3.55. The number of nitrogens with one attached hydrogen (secondary N) is 1. The lowest BCUT2D eigenvalue weighted by Gasteiger charge is -2.24. The van der Waals surface area contributed by atoms with Crippen molar-refractivity contribution < 1.29 is 14.3 Å². The van der Waals surface area contributed by atoms with Gasteiger partial charge in [0.05, 0.1) is 13.0 Å². The van der Waals surface area contributed by atoms with Crippen LogP contribution < -0.4 is 10.1 Å². The van der Waals surface area contributed by atoms with Crippen LogP contribution in [-0.2, 0) is 22.6 Å². The van der Waals surface area contributed by atoms with Gasteiger partial charge in [-0.2, -0.15) is 0 Å². The van der Waals surface area contributed by atoms with E-state index in [-0.39, 0.29) is 18.2 Å². The molecule has 0 aliphatic carbocycles. The highest BCUT2D eigenvalue weighted by Gasteiger charge is 2.43. The Labute approximate surface area is 228 Å². The van der Waals surface area contributed by atoms with Crippen molar-refractivity contribution in [3.05, 3.63) is 95.0 Å². The summed E-state index contributed by atoms with van der Waals surface area (Å²) in [6.07, 6.45) is 1.58. The van der Waals surface area contributed by atoms with Crippen molar-refractivity contribution in [2.45, 2.75) is 38.8 Å². The van der Waals surface area contributed by atoms with Gasteiger partial charge in [-0.25, -0.2) is 0 Å². The van der Waals surface area contributed by atoms with E-state index in [1.807, 2.05) is 66.4 Å². The maximum atomic E-state index is 13.5. The van der Waals surface area contributed by atoms with Gasteiger partial charge in [-0.15, -0.1) is 0 Å². The van der Waals surface area contributed by atoms with Crippen LogP contribution >= 0.6 is 23.8 Å². The number of hydrogen-bond acceptors (Lipinski definition) is 4. The maximum Gasteiger partial charge on any atom is 0.252 e. The lowest BCUT2D eigenvalue weighted by Crippen LogP contribution is -2.37. The summed E-state index contributed by atoms with van der Waals surface area (Å²) < 4.78 is 5.60.